The lowest BCUT2D eigenvalue weighted by Gasteiger charge is -1.99. The van der Waals surface area contributed by atoms with Crippen molar-refractivity contribution in [2.45, 2.75) is 30.5 Å². The van der Waals surface area contributed by atoms with Crippen molar-refractivity contribution >= 4 is 28.5 Å². The average molecular weight is 287 g/mol. The summed E-state index contributed by atoms with van der Waals surface area (Å²) in [5.41, 5.74) is 11.0. The molecule has 0 unspecified atom stereocenters. The molecule has 0 saturated carbocycles. The van der Waals surface area contributed by atoms with E-state index in [1.165, 1.54) is 17.3 Å². The largest absolute Gasteiger partial charge is 0.395 e. The van der Waals surface area contributed by atoms with E-state index in [-0.39, 0.29) is 0 Å². The molecule has 0 aliphatic rings. The maximum absolute atomic E-state index is 6.14. The van der Waals surface area contributed by atoms with E-state index in [1.807, 2.05) is 17.8 Å². The molecule has 3 N–H and O–H groups in total. The molecule has 2 heterocycles. The smallest absolute Gasteiger partial charge is 0.172 e. The Morgan fingerprint density at radius 2 is 2.20 bits per heavy atom. The van der Waals surface area contributed by atoms with Crippen LogP contribution < -0.4 is 5.73 Å². The molecule has 0 bridgehead atoms. The molecule has 0 fully saturated rings. The van der Waals surface area contributed by atoms with E-state index in [1.54, 1.807) is 0 Å². The van der Waals surface area contributed by atoms with Gasteiger partial charge in [0.05, 0.1) is 22.4 Å². The van der Waals surface area contributed by atoms with E-state index in [0.717, 1.165) is 39.0 Å². The van der Waals surface area contributed by atoms with E-state index >= 15 is 0 Å². The Labute approximate surface area is 121 Å². The lowest BCUT2D eigenvalue weighted by atomic mass is 10.2. The number of nitrogens with two attached hydrogens (primary N) is 1. The quantitative estimate of drug-likeness (QED) is 0.777. The minimum Gasteiger partial charge on any atom is -0.395 e. The van der Waals surface area contributed by atoms with Gasteiger partial charge >= 0.3 is 0 Å². The van der Waals surface area contributed by atoms with Crippen LogP contribution in [0.25, 0.3) is 11.0 Å². The Morgan fingerprint density at radius 1 is 1.40 bits per heavy atom. The first kappa shape index (κ1) is 13.1. The second kappa shape index (κ2) is 4.86. The van der Waals surface area contributed by atoms with Crippen LogP contribution in [0.1, 0.15) is 18.2 Å². The number of benzene rings is 1. The number of nitrogens with zero attached hydrogens (tertiary/aromatic N) is 3. The van der Waals surface area contributed by atoms with Gasteiger partial charge in [0.2, 0.25) is 0 Å². The molecule has 5 nitrogen and oxygen atoms in total. The molecule has 0 aliphatic heterocycles. The third kappa shape index (κ3) is 2.16. The SMILES string of the molecule is CCc1nn(C)c(Sc2nc3ccc(C)cc3[nH]2)c1N. The summed E-state index contributed by atoms with van der Waals surface area (Å²) in [7, 11) is 1.91. The molecule has 0 spiro atoms. The van der Waals surface area contributed by atoms with Crippen LogP contribution in [-0.2, 0) is 13.5 Å². The van der Waals surface area contributed by atoms with Gasteiger partial charge in [0.1, 0.15) is 5.03 Å². The highest BCUT2D eigenvalue weighted by Crippen LogP contribution is 2.33. The fraction of sp³-hybridized carbons (Fsp3) is 0.286. The van der Waals surface area contributed by atoms with Crippen molar-refractivity contribution < 1.29 is 0 Å². The van der Waals surface area contributed by atoms with Gasteiger partial charge in [-0.3, -0.25) is 4.68 Å². The van der Waals surface area contributed by atoms with Crippen molar-refractivity contribution in [2.24, 2.45) is 7.05 Å². The van der Waals surface area contributed by atoms with Gasteiger partial charge in [0, 0.05) is 7.05 Å². The molecule has 104 valence electrons. The van der Waals surface area contributed by atoms with Crippen LogP contribution in [0.15, 0.2) is 28.4 Å². The minimum absolute atomic E-state index is 0.747. The third-order valence-electron chi connectivity index (χ3n) is 3.25. The molecule has 0 saturated heterocycles. The summed E-state index contributed by atoms with van der Waals surface area (Å²) < 4.78 is 1.82. The van der Waals surface area contributed by atoms with Gasteiger partial charge in [0.25, 0.3) is 0 Å². The average Bonchev–Trinajstić information content (AvgIpc) is 2.93. The third-order valence-corrected chi connectivity index (χ3v) is 4.31. The minimum atomic E-state index is 0.747. The highest BCUT2D eigenvalue weighted by atomic mass is 32.2. The number of H-pyrrole nitrogens is 1. The van der Waals surface area contributed by atoms with E-state index in [4.69, 9.17) is 5.73 Å². The van der Waals surface area contributed by atoms with Crippen LogP contribution in [0.3, 0.4) is 0 Å². The Kier molecular flexibility index (Phi) is 3.17. The molecule has 0 amide bonds. The normalized spacial score (nSPS) is 11.3. The number of aromatic amines is 1. The summed E-state index contributed by atoms with van der Waals surface area (Å²) in [5.74, 6) is 0. The fourth-order valence-corrected chi connectivity index (χ4v) is 3.09. The molecular weight excluding hydrogens is 270 g/mol. The molecule has 6 heteroatoms. The first-order chi connectivity index (χ1) is 9.58. The highest BCUT2D eigenvalue weighted by molar-refractivity contribution is 7.99. The predicted octanol–water partition coefficient (Wildman–Crippen LogP) is 2.90. The van der Waals surface area contributed by atoms with Crippen molar-refractivity contribution in [1.29, 1.82) is 0 Å². The van der Waals surface area contributed by atoms with Crippen LogP contribution in [0, 0.1) is 6.92 Å². The van der Waals surface area contributed by atoms with Gasteiger partial charge in [-0.05, 0) is 42.8 Å². The molecule has 2 aromatic heterocycles. The summed E-state index contributed by atoms with van der Waals surface area (Å²) in [6, 6.07) is 6.18. The second-order valence-electron chi connectivity index (χ2n) is 4.81. The number of aryl methyl sites for hydroxylation is 3. The van der Waals surface area contributed by atoms with Crippen molar-refractivity contribution in [3.63, 3.8) is 0 Å². The Hall–Kier alpha value is -1.95. The van der Waals surface area contributed by atoms with Gasteiger partial charge in [-0.15, -0.1) is 0 Å². The van der Waals surface area contributed by atoms with Crippen LogP contribution >= 0.6 is 11.8 Å². The van der Waals surface area contributed by atoms with Gasteiger partial charge in [-0.1, -0.05) is 13.0 Å². The number of hydrogen-bond donors (Lipinski definition) is 2. The summed E-state index contributed by atoms with van der Waals surface area (Å²) in [4.78, 5) is 7.90. The van der Waals surface area contributed by atoms with Crippen LogP contribution in [0.5, 0.6) is 0 Å². The number of nitrogens with one attached hydrogen (secondary N) is 1. The maximum Gasteiger partial charge on any atom is 0.172 e. The van der Waals surface area contributed by atoms with Gasteiger partial charge in [-0.2, -0.15) is 5.10 Å². The first-order valence-electron chi connectivity index (χ1n) is 6.54. The molecule has 3 aromatic rings. The summed E-state index contributed by atoms with van der Waals surface area (Å²) in [6.45, 7) is 4.12. The zero-order chi connectivity index (χ0) is 14.3. The lowest BCUT2D eigenvalue weighted by Crippen LogP contribution is -1.94. The van der Waals surface area contributed by atoms with E-state index < -0.39 is 0 Å². The van der Waals surface area contributed by atoms with Crippen LogP contribution in [-0.4, -0.2) is 19.7 Å². The number of fused-ring (bicyclic) bond motifs is 1. The van der Waals surface area contributed by atoms with E-state index in [0.29, 0.717) is 0 Å². The molecule has 0 radical (unpaired) electrons. The van der Waals surface area contributed by atoms with Gasteiger partial charge in [0.15, 0.2) is 5.16 Å². The molecule has 1 aromatic carbocycles. The number of rotatable bonds is 3. The topological polar surface area (TPSA) is 72.5 Å². The lowest BCUT2D eigenvalue weighted by molar-refractivity contribution is 0.686. The van der Waals surface area contributed by atoms with E-state index in [9.17, 15) is 0 Å². The summed E-state index contributed by atoms with van der Waals surface area (Å²) >= 11 is 1.52. The highest BCUT2D eigenvalue weighted by Gasteiger charge is 2.15. The number of hydrogen-bond acceptors (Lipinski definition) is 4. The standard InChI is InChI=1S/C14H17N5S/c1-4-9-12(15)13(19(3)18-9)20-14-16-10-6-5-8(2)7-11(10)17-14/h5-7H,4,15H2,1-3H3,(H,16,17). The zero-order valence-corrected chi connectivity index (χ0v) is 12.6. The number of nitrogen functional groups attached to an aromatic ring is 1. The zero-order valence-electron chi connectivity index (χ0n) is 11.8. The molecule has 0 atom stereocenters. The summed E-state index contributed by atoms with van der Waals surface area (Å²) in [5, 5.41) is 6.19. The fourth-order valence-electron chi connectivity index (χ4n) is 2.20. The van der Waals surface area contributed by atoms with Gasteiger partial charge in [-0.25, -0.2) is 4.98 Å². The monoisotopic (exact) mass is 287 g/mol. The molecule has 3 rings (SSSR count). The summed E-state index contributed by atoms with van der Waals surface area (Å²) in [6.07, 6.45) is 0.833. The van der Waals surface area contributed by atoms with Crippen molar-refractivity contribution in [1.82, 2.24) is 19.7 Å². The van der Waals surface area contributed by atoms with E-state index in [2.05, 4.69) is 41.0 Å². The van der Waals surface area contributed by atoms with Crippen molar-refractivity contribution in [2.75, 3.05) is 5.73 Å². The maximum atomic E-state index is 6.14. The predicted molar refractivity (Wildman–Crippen MR) is 82.0 cm³/mol. The molecular formula is C14H17N5S. The van der Waals surface area contributed by atoms with Crippen molar-refractivity contribution in [3.8, 4) is 0 Å². The first-order valence-corrected chi connectivity index (χ1v) is 7.35. The van der Waals surface area contributed by atoms with Crippen LogP contribution in [0.2, 0.25) is 0 Å². The number of imidazole rings is 1. The second-order valence-corrected chi connectivity index (χ2v) is 5.78. The van der Waals surface area contributed by atoms with Gasteiger partial charge < -0.3 is 10.7 Å². The number of anilines is 1. The Morgan fingerprint density at radius 3 is 2.90 bits per heavy atom. The van der Waals surface area contributed by atoms with Crippen LogP contribution in [0.4, 0.5) is 5.69 Å². The number of aromatic nitrogens is 4. The van der Waals surface area contributed by atoms with Crippen molar-refractivity contribution in [3.05, 3.63) is 29.5 Å². The Bertz CT molecular complexity index is 771. The Balaban J connectivity index is 1.99. The molecule has 20 heavy (non-hydrogen) atoms. The molecule has 0 aliphatic carbocycles.